The molecule has 0 radical (unpaired) electrons. The molecule has 100 valence electrons. The summed E-state index contributed by atoms with van der Waals surface area (Å²) in [4.78, 5) is 9.12. The van der Waals surface area contributed by atoms with Gasteiger partial charge in [-0.2, -0.15) is 0 Å². The molecule has 0 saturated carbocycles. The molecule has 5 heteroatoms. The highest BCUT2D eigenvalue weighted by molar-refractivity contribution is 9.10. The van der Waals surface area contributed by atoms with E-state index in [2.05, 4.69) is 38.1 Å². The smallest absolute Gasteiger partial charge is 0.161 e. The third-order valence-electron chi connectivity index (χ3n) is 2.91. The predicted octanol–water partition coefficient (Wildman–Crippen LogP) is 4.61. The minimum Gasteiger partial charge on any atom is -0.370 e. The van der Waals surface area contributed by atoms with Crippen LogP contribution in [0.2, 0.25) is 5.02 Å². The van der Waals surface area contributed by atoms with Crippen LogP contribution in [0.15, 0.2) is 22.7 Å². The van der Waals surface area contributed by atoms with Crippen LogP contribution in [0.1, 0.15) is 18.2 Å². The summed E-state index contributed by atoms with van der Waals surface area (Å²) in [7, 11) is 0. The minimum absolute atomic E-state index is 0.680. The van der Waals surface area contributed by atoms with Crippen molar-refractivity contribution in [3.05, 3.63) is 39.0 Å². The zero-order valence-electron chi connectivity index (χ0n) is 11.1. The molecule has 1 aromatic heterocycles. The molecule has 0 aliphatic rings. The highest BCUT2D eigenvalue weighted by Gasteiger charge is 2.10. The number of hydrogen-bond donors (Lipinski definition) is 1. The van der Waals surface area contributed by atoms with Gasteiger partial charge in [-0.3, -0.25) is 0 Å². The fourth-order valence-corrected chi connectivity index (χ4v) is 2.23. The Morgan fingerprint density at radius 1 is 1.26 bits per heavy atom. The fourth-order valence-electron chi connectivity index (χ4n) is 1.73. The van der Waals surface area contributed by atoms with E-state index < -0.39 is 0 Å². The van der Waals surface area contributed by atoms with Crippen LogP contribution in [0.3, 0.4) is 0 Å². The van der Waals surface area contributed by atoms with Crippen molar-refractivity contribution in [3.8, 4) is 11.4 Å². The lowest BCUT2D eigenvalue weighted by Gasteiger charge is -2.11. The van der Waals surface area contributed by atoms with Crippen molar-refractivity contribution in [2.45, 2.75) is 20.8 Å². The molecule has 2 aromatic rings. The first-order valence-electron chi connectivity index (χ1n) is 6.07. The van der Waals surface area contributed by atoms with Crippen LogP contribution in [-0.2, 0) is 0 Å². The number of aryl methyl sites for hydroxylation is 1. The normalized spacial score (nSPS) is 10.6. The Bertz CT molecular complexity index is 614. The quantitative estimate of drug-likeness (QED) is 0.886. The molecule has 0 atom stereocenters. The largest absolute Gasteiger partial charge is 0.370 e. The van der Waals surface area contributed by atoms with Gasteiger partial charge in [-0.1, -0.05) is 11.6 Å². The standard InChI is InChI=1S/C14H15BrClN3/c1-4-17-13-8(2)9(3)18-14(19-13)10-5-6-12(16)11(15)7-10/h5-7H,4H2,1-3H3,(H,17,18,19). The van der Waals surface area contributed by atoms with E-state index in [1.165, 1.54) is 0 Å². The second-order valence-corrected chi connectivity index (χ2v) is 5.53. The van der Waals surface area contributed by atoms with Gasteiger partial charge in [0.15, 0.2) is 5.82 Å². The lowest BCUT2D eigenvalue weighted by Crippen LogP contribution is -2.06. The van der Waals surface area contributed by atoms with E-state index in [-0.39, 0.29) is 0 Å². The average molecular weight is 341 g/mol. The topological polar surface area (TPSA) is 37.8 Å². The van der Waals surface area contributed by atoms with Crippen LogP contribution in [0.5, 0.6) is 0 Å². The molecule has 3 nitrogen and oxygen atoms in total. The van der Waals surface area contributed by atoms with E-state index in [1.54, 1.807) is 0 Å². The highest BCUT2D eigenvalue weighted by Crippen LogP contribution is 2.28. The predicted molar refractivity (Wildman–Crippen MR) is 83.8 cm³/mol. The third kappa shape index (κ3) is 3.07. The van der Waals surface area contributed by atoms with Crippen LogP contribution in [0.4, 0.5) is 5.82 Å². The Kier molecular flexibility index (Phi) is 4.42. The lowest BCUT2D eigenvalue weighted by molar-refractivity contribution is 1.05. The van der Waals surface area contributed by atoms with Crippen molar-refractivity contribution in [2.75, 3.05) is 11.9 Å². The Morgan fingerprint density at radius 2 is 2.00 bits per heavy atom. The molecule has 0 unspecified atom stereocenters. The summed E-state index contributed by atoms with van der Waals surface area (Å²) in [6.07, 6.45) is 0. The van der Waals surface area contributed by atoms with Gasteiger partial charge < -0.3 is 5.32 Å². The van der Waals surface area contributed by atoms with Crippen molar-refractivity contribution >= 4 is 33.3 Å². The maximum Gasteiger partial charge on any atom is 0.161 e. The summed E-state index contributed by atoms with van der Waals surface area (Å²) in [6.45, 7) is 6.90. The molecule has 19 heavy (non-hydrogen) atoms. The van der Waals surface area contributed by atoms with Crippen LogP contribution in [0.25, 0.3) is 11.4 Å². The first-order valence-corrected chi connectivity index (χ1v) is 7.24. The lowest BCUT2D eigenvalue weighted by atomic mass is 10.2. The van der Waals surface area contributed by atoms with Gasteiger partial charge >= 0.3 is 0 Å². The molecule has 0 saturated heterocycles. The number of nitrogens with one attached hydrogen (secondary N) is 1. The van der Waals surface area contributed by atoms with Crippen molar-refractivity contribution < 1.29 is 0 Å². The van der Waals surface area contributed by atoms with E-state index in [0.717, 1.165) is 33.7 Å². The van der Waals surface area contributed by atoms with Crippen LogP contribution in [0, 0.1) is 13.8 Å². The highest BCUT2D eigenvalue weighted by atomic mass is 79.9. The number of rotatable bonds is 3. The molecule has 0 spiro atoms. The third-order valence-corrected chi connectivity index (χ3v) is 4.13. The zero-order chi connectivity index (χ0) is 14.0. The van der Waals surface area contributed by atoms with Crippen molar-refractivity contribution in [1.29, 1.82) is 0 Å². The van der Waals surface area contributed by atoms with E-state index in [9.17, 15) is 0 Å². The molecular formula is C14H15BrClN3. The summed E-state index contributed by atoms with van der Waals surface area (Å²) in [6, 6.07) is 5.70. The molecule has 0 amide bonds. The number of anilines is 1. The summed E-state index contributed by atoms with van der Waals surface area (Å²) in [5.41, 5.74) is 3.00. The van der Waals surface area contributed by atoms with Crippen LogP contribution >= 0.6 is 27.5 Å². The Balaban J connectivity index is 2.52. The van der Waals surface area contributed by atoms with Gasteiger partial charge in [-0.25, -0.2) is 9.97 Å². The van der Waals surface area contributed by atoms with E-state index in [4.69, 9.17) is 11.6 Å². The van der Waals surface area contributed by atoms with E-state index in [1.807, 2.05) is 32.0 Å². The van der Waals surface area contributed by atoms with Gasteiger partial charge in [-0.05, 0) is 54.9 Å². The number of halogens is 2. The molecule has 2 rings (SSSR count). The van der Waals surface area contributed by atoms with Crippen molar-refractivity contribution in [1.82, 2.24) is 9.97 Å². The molecule has 1 N–H and O–H groups in total. The fraction of sp³-hybridized carbons (Fsp3) is 0.286. The molecule has 0 bridgehead atoms. The molecule has 0 aliphatic carbocycles. The maximum absolute atomic E-state index is 6.01. The summed E-state index contributed by atoms with van der Waals surface area (Å²) < 4.78 is 0.846. The number of benzene rings is 1. The summed E-state index contributed by atoms with van der Waals surface area (Å²) in [5.74, 6) is 1.59. The molecule has 1 heterocycles. The maximum atomic E-state index is 6.01. The van der Waals surface area contributed by atoms with Gasteiger partial charge in [0.1, 0.15) is 5.82 Å². The zero-order valence-corrected chi connectivity index (χ0v) is 13.4. The second-order valence-electron chi connectivity index (χ2n) is 4.27. The summed E-state index contributed by atoms with van der Waals surface area (Å²) >= 11 is 9.43. The van der Waals surface area contributed by atoms with Crippen LogP contribution in [-0.4, -0.2) is 16.5 Å². The van der Waals surface area contributed by atoms with Crippen molar-refractivity contribution in [2.24, 2.45) is 0 Å². The van der Waals surface area contributed by atoms with Crippen molar-refractivity contribution in [3.63, 3.8) is 0 Å². The van der Waals surface area contributed by atoms with Gasteiger partial charge in [0.05, 0.1) is 5.02 Å². The minimum atomic E-state index is 0.680. The van der Waals surface area contributed by atoms with E-state index >= 15 is 0 Å². The Labute approximate surface area is 126 Å². The molecular weight excluding hydrogens is 326 g/mol. The first-order chi connectivity index (χ1) is 9.02. The van der Waals surface area contributed by atoms with Gasteiger partial charge in [0, 0.05) is 27.8 Å². The van der Waals surface area contributed by atoms with Crippen LogP contribution < -0.4 is 5.32 Å². The monoisotopic (exact) mass is 339 g/mol. The number of hydrogen-bond acceptors (Lipinski definition) is 3. The van der Waals surface area contributed by atoms with Gasteiger partial charge in [0.25, 0.3) is 0 Å². The van der Waals surface area contributed by atoms with E-state index in [0.29, 0.717) is 10.8 Å². The Hall–Kier alpha value is -1.13. The molecule has 0 fully saturated rings. The molecule has 0 aliphatic heterocycles. The second kappa shape index (κ2) is 5.88. The van der Waals surface area contributed by atoms with Gasteiger partial charge in [-0.15, -0.1) is 0 Å². The van der Waals surface area contributed by atoms with Gasteiger partial charge in [0.2, 0.25) is 0 Å². The average Bonchev–Trinajstić information content (AvgIpc) is 2.38. The molecule has 1 aromatic carbocycles. The SMILES string of the molecule is CCNc1nc(-c2ccc(Cl)c(Br)c2)nc(C)c1C. The number of nitrogens with zero attached hydrogens (tertiary/aromatic N) is 2. The Morgan fingerprint density at radius 3 is 2.63 bits per heavy atom. The summed E-state index contributed by atoms with van der Waals surface area (Å²) in [5, 5.41) is 3.94. The number of aromatic nitrogens is 2. The first kappa shape index (κ1) is 14.3.